The number of sulfonamides is 1. The zero-order valence-electron chi connectivity index (χ0n) is 17.1. The summed E-state index contributed by atoms with van der Waals surface area (Å²) in [5.41, 5.74) is 1.82. The SMILES string of the molecule is Cc1cc(C)cc(S(=O)(=O)c2c(C(=O)NC(C)CS(N)(=O)=O)[nH]c3ccc(Br)cc23)c1. The van der Waals surface area contributed by atoms with Crippen LogP contribution in [0.15, 0.2) is 50.7 Å². The molecule has 4 N–H and O–H groups in total. The minimum atomic E-state index is -4.09. The van der Waals surface area contributed by atoms with E-state index < -0.39 is 37.6 Å². The number of halogens is 1. The standard InChI is InChI=1S/C20H22BrN3O5S2/c1-11-6-12(2)8-15(7-11)31(28,29)19-16-9-14(21)4-5-17(16)24-18(19)20(25)23-13(3)10-30(22,26)27/h4-9,13,24H,10H2,1-3H3,(H,23,25)(H2,22,26,27). The first-order chi connectivity index (χ1) is 14.3. The zero-order valence-corrected chi connectivity index (χ0v) is 20.3. The largest absolute Gasteiger partial charge is 0.349 e. The topological polar surface area (TPSA) is 139 Å². The summed E-state index contributed by atoms with van der Waals surface area (Å²) in [5, 5.41) is 7.90. The van der Waals surface area contributed by atoms with Crippen LogP contribution < -0.4 is 10.5 Å². The van der Waals surface area contributed by atoms with Crippen molar-refractivity contribution in [3.8, 4) is 0 Å². The molecule has 31 heavy (non-hydrogen) atoms. The fraction of sp³-hybridized carbons (Fsp3) is 0.250. The van der Waals surface area contributed by atoms with E-state index in [1.807, 2.05) is 6.07 Å². The Bertz CT molecular complexity index is 1380. The molecule has 0 aliphatic rings. The van der Waals surface area contributed by atoms with Gasteiger partial charge in [-0.15, -0.1) is 0 Å². The lowest BCUT2D eigenvalue weighted by atomic mass is 10.2. The molecule has 0 spiro atoms. The van der Waals surface area contributed by atoms with E-state index in [1.54, 1.807) is 44.2 Å². The second-order valence-electron chi connectivity index (χ2n) is 7.55. The first-order valence-electron chi connectivity index (χ1n) is 9.24. The summed E-state index contributed by atoms with van der Waals surface area (Å²) in [5.74, 6) is -1.23. The van der Waals surface area contributed by atoms with Crippen molar-refractivity contribution in [2.75, 3.05) is 5.75 Å². The number of hydrogen-bond donors (Lipinski definition) is 3. The molecule has 0 saturated carbocycles. The molecule has 8 nitrogen and oxygen atoms in total. The van der Waals surface area contributed by atoms with Crippen molar-refractivity contribution in [3.63, 3.8) is 0 Å². The quantitative estimate of drug-likeness (QED) is 0.452. The lowest BCUT2D eigenvalue weighted by Crippen LogP contribution is -2.39. The number of amides is 1. The second-order valence-corrected chi connectivity index (χ2v) is 12.0. The Morgan fingerprint density at radius 1 is 1.10 bits per heavy atom. The molecule has 2 aromatic carbocycles. The average Bonchev–Trinajstić information content (AvgIpc) is 2.98. The number of hydrogen-bond acceptors (Lipinski definition) is 5. The monoisotopic (exact) mass is 527 g/mol. The number of sulfone groups is 1. The molecule has 1 aromatic heterocycles. The van der Waals surface area contributed by atoms with Crippen molar-refractivity contribution in [2.45, 2.75) is 36.6 Å². The number of rotatable bonds is 6. The van der Waals surface area contributed by atoms with Crippen LogP contribution in [0.4, 0.5) is 0 Å². The number of benzene rings is 2. The van der Waals surface area contributed by atoms with Crippen molar-refractivity contribution in [3.05, 3.63) is 57.7 Å². The summed E-state index contributed by atoms with van der Waals surface area (Å²) in [6, 6.07) is 9.12. The van der Waals surface area contributed by atoms with Gasteiger partial charge in [0.1, 0.15) is 10.6 Å². The molecule has 0 saturated heterocycles. The average molecular weight is 528 g/mol. The van der Waals surface area contributed by atoms with Crippen molar-refractivity contribution >= 4 is 52.6 Å². The Morgan fingerprint density at radius 2 is 1.71 bits per heavy atom. The van der Waals surface area contributed by atoms with Crippen molar-refractivity contribution in [2.24, 2.45) is 5.14 Å². The molecular formula is C20H22BrN3O5S2. The molecular weight excluding hydrogens is 506 g/mol. The van der Waals surface area contributed by atoms with Crippen molar-refractivity contribution in [1.29, 1.82) is 0 Å². The molecule has 0 fully saturated rings. The lowest BCUT2D eigenvalue weighted by molar-refractivity contribution is 0.0936. The van der Waals surface area contributed by atoms with E-state index in [-0.39, 0.29) is 15.5 Å². The summed E-state index contributed by atoms with van der Waals surface area (Å²) in [6.07, 6.45) is 0. The predicted molar refractivity (Wildman–Crippen MR) is 122 cm³/mol. The number of primary sulfonamides is 1. The fourth-order valence-electron chi connectivity index (χ4n) is 3.47. The Labute approximate surface area is 189 Å². The van der Waals surface area contributed by atoms with Crippen LogP contribution in [0.5, 0.6) is 0 Å². The second kappa shape index (κ2) is 8.38. The third kappa shape index (κ3) is 5.17. The van der Waals surface area contributed by atoms with Gasteiger partial charge >= 0.3 is 0 Å². The Kier molecular flexibility index (Phi) is 6.34. The molecule has 1 unspecified atom stereocenters. The maximum Gasteiger partial charge on any atom is 0.269 e. The van der Waals surface area contributed by atoms with Crippen LogP contribution in [0.2, 0.25) is 0 Å². The van der Waals surface area contributed by atoms with Crippen molar-refractivity contribution in [1.82, 2.24) is 10.3 Å². The maximum atomic E-state index is 13.6. The van der Waals surface area contributed by atoms with E-state index in [1.165, 1.54) is 6.92 Å². The van der Waals surface area contributed by atoms with Gasteiger partial charge in [-0.05, 0) is 62.2 Å². The van der Waals surface area contributed by atoms with Gasteiger partial charge in [0.15, 0.2) is 0 Å². The Balaban J connectivity index is 2.20. The van der Waals surface area contributed by atoms with Gasteiger partial charge < -0.3 is 10.3 Å². The molecule has 0 aliphatic carbocycles. The van der Waals surface area contributed by atoms with Gasteiger partial charge in [0.05, 0.1) is 10.6 Å². The molecule has 3 rings (SSSR count). The number of fused-ring (bicyclic) bond motifs is 1. The van der Waals surface area contributed by atoms with Gasteiger partial charge in [0, 0.05) is 21.4 Å². The molecule has 1 atom stereocenters. The van der Waals surface area contributed by atoms with Crippen LogP contribution >= 0.6 is 15.9 Å². The first kappa shape index (κ1) is 23.5. The highest BCUT2D eigenvalue weighted by Gasteiger charge is 2.30. The first-order valence-corrected chi connectivity index (χ1v) is 13.2. The van der Waals surface area contributed by atoms with E-state index >= 15 is 0 Å². The highest BCUT2D eigenvalue weighted by atomic mass is 79.9. The van der Waals surface area contributed by atoms with Crippen LogP contribution in [0, 0.1) is 13.8 Å². The highest BCUT2D eigenvalue weighted by Crippen LogP contribution is 2.34. The number of carbonyl (C=O) groups excluding carboxylic acids is 1. The molecule has 0 aliphatic heterocycles. The fourth-order valence-corrected chi connectivity index (χ4v) is 6.40. The van der Waals surface area contributed by atoms with Gasteiger partial charge in [-0.25, -0.2) is 22.0 Å². The van der Waals surface area contributed by atoms with Gasteiger partial charge in [-0.3, -0.25) is 4.79 Å². The van der Waals surface area contributed by atoms with E-state index in [4.69, 9.17) is 5.14 Å². The number of carbonyl (C=O) groups is 1. The Morgan fingerprint density at radius 3 is 2.29 bits per heavy atom. The van der Waals surface area contributed by atoms with Gasteiger partial charge in [0.2, 0.25) is 19.9 Å². The number of aromatic amines is 1. The third-order valence-electron chi connectivity index (χ3n) is 4.57. The van der Waals surface area contributed by atoms with Gasteiger partial charge in [0.25, 0.3) is 5.91 Å². The molecule has 3 aromatic rings. The predicted octanol–water partition coefficient (Wildman–Crippen LogP) is 2.79. The molecule has 0 radical (unpaired) electrons. The molecule has 1 amide bonds. The van der Waals surface area contributed by atoms with Crippen LogP contribution in [0.3, 0.4) is 0 Å². The van der Waals surface area contributed by atoms with Crippen LogP contribution in [0.25, 0.3) is 10.9 Å². The zero-order chi connectivity index (χ0) is 23.1. The molecule has 1 heterocycles. The molecule has 11 heteroatoms. The molecule has 166 valence electrons. The van der Waals surface area contributed by atoms with Gasteiger partial charge in [-0.2, -0.15) is 0 Å². The van der Waals surface area contributed by atoms with E-state index in [2.05, 4.69) is 26.2 Å². The van der Waals surface area contributed by atoms with Gasteiger partial charge in [-0.1, -0.05) is 22.0 Å². The summed E-state index contributed by atoms with van der Waals surface area (Å²) < 4.78 is 50.6. The summed E-state index contributed by atoms with van der Waals surface area (Å²) in [7, 11) is -7.91. The smallest absolute Gasteiger partial charge is 0.269 e. The lowest BCUT2D eigenvalue weighted by Gasteiger charge is -2.13. The number of nitrogens with one attached hydrogen (secondary N) is 2. The molecule has 0 bridgehead atoms. The summed E-state index contributed by atoms with van der Waals surface area (Å²) in [6.45, 7) is 5.06. The van der Waals surface area contributed by atoms with Crippen LogP contribution in [0.1, 0.15) is 28.5 Å². The Hall–Kier alpha value is -2.21. The number of aromatic nitrogens is 1. The maximum absolute atomic E-state index is 13.6. The minimum absolute atomic E-state index is 0.0671. The van der Waals surface area contributed by atoms with E-state index in [9.17, 15) is 21.6 Å². The van der Waals surface area contributed by atoms with E-state index in [0.29, 0.717) is 15.4 Å². The normalized spacial score (nSPS) is 13.3. The number of H-pyrrole nitrogens is 1. The third-order valence-corrected chi connectivity index (χ3v) is 7.85. The number of nitrogens with two attached hydrogens (primary N) is 1. The minimum Gasteiger partial charge on any atom is -0.349 e. The van der Waals surface area contributed by atoms with Crippen LogP contribution in [-0.4, -0.2) is 39.5 Å². The summed E-state index contributed by atoms with van der Waals surface area (Å²) >= 11 is 3.34. The highest BCUT2D eigenvalue weighted by molar-refractivity contribution is 9.10. The van der Waals surface area contributed by atoms with Crippen molar-refractivity contribution < 1.29 is 21.6 Å². The summed E-state index contributed by atoms with van der Waals surface area (Å²) in [4.78, 5) is 15.7. The van der Waals surface area contributed by atoms with Crippen LogP contribution in [-0.2, 0) is 19.9 Å². The van der Waals surface area contributed by atoms with E-state index in [0.717, 1.165) is 11.1 Å². The number of aryl methyl sites for hydroxylation is 2.